The normalized spacial score (nSPS) is 23.0. The van der Waals surface area contributed by atoms with Gasteiger partial charge in [0, 0.05) is 25.0 Å². The van der Waals surface area contributed by atoms with Crippen LogP contribution >= 0.6 is 0 Å². The van der Waals surface area contributed by atoms with E-state index in [0.717, 1.165) is 18.5 Å². The molecular formula is C28H34N4O5. The Bertz CT molecular complexity index is 1180. The second kappa shape index (κ2) is 10.8. The summed E-state index contributed by atoms with van der Waals surface area (Å²) in [6, 6.07) is 12.0. The van der Waals surface area contributed by atoms with Crippen molar-refractivity contribution < 1.29 is 23.9 Å². The summed E-state index contributed by atoms with van der Waals surface area (Å²) >= 11 is 0. The van der Waals surface area contributed by atoms with Gasteiger partial charge >= 0.3 is 6.03 Å². The number of anilines is 2. The standard InChI is InChI=1S/C28H34N4O5/c1-17-5-3-4-6-22(17)31-28(35)30-19-9-12-24-21(13-19)27(34)32(2)23-11-10-20(37-25(23)16-36-24)14-26(33)29-15-18-7-8-18/h3-6,9,12-13,18,20,23,25H,7-8,10-11,14-16H2,1-2H3,(H,29,33)(H2,30,31,35)/t20-,23-,25+/m1/s1. The van der Waals surface area contributed by atoms with E-state index in [1.54, 1.807) is 30.1 Å². The largest absolute Gasteiger partial charge is 0.490 e. The molecule has 1 saturated heterocycles. The van der Waals surface area contributed by atoms with Gasteiger partial charge in [-0.05, 0) is 68.4 Å². The van der Waals surface area contributed by atoms with Crippen LogP contribution in [0.1, 0.15) is 48.0 Å². The molecule has 0 bridgehead atoms. The Hall–Kier alpha value is -3.59. The van der Waals surface area contributed by atoms with E-state index in [9.17, 15) is 14.4 Å². The predicted molar refractivity (Wildman–Crippen MR) is 140 cm³/mol. The summed E-state index contributed by atoms with van der Waals surface area (Å²) in [6.07, 6.45) is 3.62. The maximum atomic E-state index is 13.4. The van der Waals surface area contributed by atoms with Crippen LogP contribution in [0.4, 0.5) is 16.2 Å². The number of ether oxygens (including phenoxy) is 2. The van der Waals surface area contributed by atoms with Crippen molar-refractivity contribution >= 4 is 29.2 Å². The highest BCUT2D eigenvalue weighted by Gasteiger charge is 2.39. The van der Waals surface area contributed by atoms with E-state index in [4.69, 9.17) is 9.47 Å². The number of rotatable bonds is 6. The van der Waals surface area contributed by atoms with Crippen LogP contribution in [0.25, 0.3) is 0 Å². The van der Waals surface area contributed by atoms with Gasteiger partial charge in [0.2, 0.25) is 5.91 Å². The first-order chi connectivity index (χ1) is 17.9. The minimum absolute atomic E-state index is 0.0170. The van der Waals surface area contributed by atoms with Crippen LogP contribution in [-0.2, 0) is 9.53 Å². The van der Waals surface area contributed by atoms with E-state index in [-0.39, 0.29) is 36.7 Å². The lowest BCUT2D eigenvalue weighted by molar-refractivity contribution is -0.134. The van der Waals surface area contributed by atoms with Crippen LogP contribution in [0.15, 0.2) is 42.5 Å². The zero-order chi connectivity index (χ0) is 25.9. The minimum Gasteiger partial charge on any atom is -0.490 e. The summed E-state index contributed by atoms with van der Waals surface area (Å²) < 4.78 is 12.3. The molecule has 0 aromatic heterocycles. The fourth-order valence-electron chi connectivity index (χ4n) is 4.96. The Morgan fingerprint density at radius 3 is 2.65 bits per heavy atom. The number of hydrogen-bond acceptors (Lipinski definition) is 5. The second-order valence-corrected chi connectivity index (χ2v) is 10.2. The molecule has 3 N–H and O–H groups in total. The van der Waals surface area contributed by atoms with Crippen LogP contribution < -0.4 is 20.7 Å². The summed E-state index contributed by atoms with van der Waals surface area (Å²) in [6.45, 7) is 2.94. The number of carbonyl (C=O) groups excluding carboxylic acids is 3. The van der Waals surface area contributed by atoms with Gasteiger partial charge in [-0.3, -0.25) is 9.59 Å². The molecule has 1 aliphatic carbocycles. The van der Waals surface area contributed by atoms with Gasteiger partial charge in [-0.15, -0.1) is 0 Å². The van der Waals surface area contributed by atoms with Crippen molar-refractivity contribution in [3.63, 3.8) is 0 Å². The second-order valence-electron chi connectivity index (χ2n) is 10.2. The summed E-state index contributed by atoms with van der Waals surface area (Å²) in [4.78, 5) is 40.0. The van der Waals surface area contributed by atoms with Gasteiger partial charge in [-0.1, -0.05) is 18.2 Å². The molecule has 5 rings (SSSR count). The predicted octanol–water partition coefficient (Wildman–Crippen LogP) is 3.94. The molecule has 9 nitrogen and oxygen atoms in total. The number of likely N-dealkylation sites (N-methyl/N-ethyl adjacent to an activating group) is 1. The number of amides is 4. The Morgan fingerprint density at radius 2 is 1.86 bits per heavy atom. The van der Waals surface area contributed by atoms with Crippen molar-refractivity contribution in [2.24, 2.45) is 5.92 Å². The smallest absolute Gasteiger partial charge is 0.323 e. The molecule has 4 amide bonds. The Morgan fingerprint density at radius 1 is 1.05 bits per heavy atom. The number of nitrogens with one attached hydrogen (secondary N) is 3. The minimum atomic E-state index is -0.394. The average Bonchev–Trinajstić information content (AvgIpc) is 3.71. The van der Waals surface area contributed by atoms with E-state index in [0.29, 0.717) is 41.4 Å². The molecule has 2 aromatic carbocycles. The Balaban J connectivity index is 1.23. The average molecular weight is 507 g/mol. The van der Waals surface area contributed by atoms with E-state index in [1.807, 2.05) is 31.2 Å². The monoisotopic (exact) mass is 506 g/mol. The molecule has 0 radical (unpaired) electrons. The van der Waals surface area contributed by atoms with Crippen LogP contribution in [0.5, 0.6) is 5.75 Å². The zero-order valence-electron chi connectivity index (χ0n) is 21.3. The molecule has 0 spiro atoms. The molecule has 2 fully saturated rings. The van der Waals surface area contributed by atoms with Crippen LogP contribution in [-0.4, -0.2) is 61.2 Å². The highest BCUT2D eigenvalue weighted by molar-refractivity contribution is 6.02. The van der Waals surface area contributed by atoms with E-state index in [1.165, 1.54) is 12.8 Å². The number of urea groups is 1. The number of hydrogen-bond donors (Lipinski definition) is 3. The van der Waals surface area contributed by atoms with Gasteiger partial charge < -0.3 is 30.3 Å². The van der Waals surface area contributed by atoms with E-state index >= 15 is 0 Å². The van der Waals surface area contributed by atoms with E-state index < -0.39 is 6.03 Å². The summed E-state index contributed by atoms with van der Waals surface area (Å²) in [5.74, 6) is 0.894. The van der Waals surface area contributed by atoms with Crippen molar-refractivity contribution in [1.29, 1.82) is 0 Å². The summed E-state index contributed by atoms with van der Waals surface area (Å²) in [5, 5.41) is 8.63. The number of nitrogens with zero attached hydrogens (tertiary/aromatic N) is 1. The molecule has 0 unspecified atom stereocenters. The highest BCUT2D eigenvalue weighted by Crippen LogP contribution is 2.33. The van der Waals surface area contributed by atoms with Crippen molar-refractivity contribution in [3.05, 3.63) is 53.6 Å². The lowest BCUT2D eigenvalue weighted by Gasteiger charge is -2.42. The molecule has 3 aliphatic rings. The van der Waals surface area contributed by atoms with E-state index in [2.05, 4.69) is 16.0 Å². The van der Waals surface area contributed by atoms with Crippen molar-refractivity contribution in [2.75, 3.05) is 30.8 Å². The number of carbonyl (C=O) groups is 3. The zero-order valence-corrected chi connectivity index (χ0v) is 21.3. The summed E-state index contributed by atoms with van der Waals surface area (Å²) in [5.41, 5.74) is 2.54. The van der Waals surface area contributed by atoms with Crippen molar-refractivity contribution in [2.45, 2.75) is 57.3 Å². The first-order valence-corrected chi connectivity index (χ1v) is 13.0. The third-order valence-corrected chi connectivity index (χ3v) is 7.36. The van der Waals surface area contributed by atoms with Crippen LogP contribution in [0.3, 0.4) is 0 Å². The molecule has 196 valence electrons. The lowest BCUT2D eigenvalue weighted by Crippen LogP contribution is -2.54. The molecule has 37 heavy (non-hydrogen) atoms. The quantitative estimate of drug-likeness (QED) is 0.550. The molecule has 2 heterocycles. The third-order valence-electron chi connectivity index (χ3n) is 7.36. The SMILES string of the molecule is Cc1ccccc1NC(=O)Nc1ccc2c(c1)C(=O)N(C)[C@@H]1CC[C@H](CC(=O)NCC3CC3)O[C@H]1CO2. The first-order valence-electron chi connectivity index (χ1n) is 13.0. The van der Waals surface area contributed by atoms with Gasteiger partial charge in [0.05, 0.1) is 24.1 Å². The summed E-state index contributed by atoms with van der Waals surface area (Å²) in [7, 11) is 1.77. The Kier molecular flexibility index (Phi) is 7.32. The van der Waals surface area contributed by atoms with Gasteiger partial charge in [-0.2, -0.15) is 0 Å². The van der Waals surface area contributed by atoms with Crippen LogP contribution in [0, 0.1) is 12.8 Å². The molecular weight excluding hydrogens is 472 g/mol. The number of fused-ring (bicyclic) bond motifs is 2. The molecule has 3 atom stereocenters. The molecule has 9 heteroatoms. The topological polar surface area (TPSA) is 109 Å². The molecule has 2 aromatic rings. The van der Waals surface area contributed by atoms with Crippen LogP contribution in [0.2, 0.25) is 0 Å². The maximum absolute atomic E-state index is 13.4. The lowest BCUT2D eigenvalue weighted by atomic mass is 9.94. The van der Waals surface area contributed by atoms with Gasteiger partial charge in [0.1, 0.15) is 18.5 Å². The van der Waals surface area contributed by atoms with Gasteiger partial charge in [0.15, 0.2) is 0 Å². The maximum Gasteiger partial charge on any atom is 0.323 e. The van der Waals surface area contributed by atoms with Crippen molar-refractivity contribution in [3.8, 4) is 5.75 Å². The number of benzene rings is 2. The molecule has 1 saturated carbocycles. The van der Waals surface area contributed by atoms with Gasteiger partial charge in [-0.25, -0.2) is 4.79 Å². The van der Waals surface area contributed by atoms with Gasteiger partial charge in [0.25, 0.3) is 5.91 Å². The fraction of sp³-hybridized carbons (Fsp3) is 0.464. The molecule has 2 aliphatic heterocycles. The Labute approximate surface area is 216 Å². The fourth-order valence-corrected chi connectivity index (χ4v) is 4.96. The number of para-hydroxylation sites is 1. The first kappa shape index (κ1) is 25.1. The van der Waals surface area contributed by atoms with Crippen molar-refractivity contribution in [1.82, 2.24) is 10.2 Å². The third kappa shape index (κ3) is 6.05. The highest BCUT2D eigenvalue weighted by atomic mass is 16.5. The number of aryl methyl sites for hydroxylation is 1.